The number of benzene rings is 2. The summed E-state index contributed by atoms with van der Waals surface area (Å²) in [5, 5.41) is 60.1. The van der Waals surface area contributed by atoms with E-state index in [2.05, 4.69) is 0 Å². The molecule has 6 N–H and O–H groups in total. The van der Waals surface area contributed by atoms with Crippen molar-refractivity contribution in [1.29, 1.82) is 0 Å². The van der Waals surface area contributed by atoms with Gasteiger partial charge in [0.15, 0.2) is 29.3 Å². The molecular formula is C27H36O12. The molecule has 2 aliphatic heterocycles. The highest BCUT2D eigenvalue weighted by molar-refractivity contribution is 5.58. The summed E-state index contributed by atoms with van der Waals surface area (Å²) < 4.78 is 34.1. The molecule has 1 fully saturated rings. The van der Waals surface area contributed by atoms with Crippen molar-refractivity contribution >= 4 is 0 Å². The minimum Gasteiger partial charge on any atom is -0.502 e. The average Bonchev–Trinajstić information content (AvgIpc) is 3.32. The van der Waals surface area contributed by atoms with Crippen LogP contribution in [0.25, 0.3) is 0 Å². The fourth-order valence-corrected chi connectivity index (χ4v) is 5.00. The SMILES string of the molecule is COc1cc([C@H]2Oc3c(OC)cc(CCCO)cc3[C@H]2CO[C@@H]2O[C@H](CO)[C@@H](O)[C@H](O)[C@H]2O)cc(OC)c1O. The minimum absolute atomic E-state index is 0.0231. The van der Waals surface area contributed by atoms with Gasteiger partial charge < -0.3 is 59.1 Å². The van der Waals surface area contributed by atoms with E-state index in [1.54, 1.807) is 12.1 Å². The fourth-order valence-electron chi connectivity index (χ4n) is 5.00. The maximum absolute atomic E-state index is 10.5. The Bertz CT molecular complexity index is 1100. The monoisotopic (exact) mass is 552 g/mol. The summed E-state index contributed by atoms with van der Waals surface area (Å²) in [5.41, 5.74) is 2.24. The van der Waals surface area contributed by atoms with Crippen LogP contribution in [0.5, 0.6) is 28.7 Å². The lowest BCUT2D eigenvalue weighted by molar-refractivity contribution is -0.302. The van der Waals surface area contributed by atoms with Crippen LogP contribution in [-0.2, 0) is 15.9 Å². The van der Waals surface area contributed by atoms with E-state index in [0.29, 0.717) is 29.9 Å². The van der Waals surface area contributed by atoms with Crippen molar-refractivity contribution in [3.8, 4) is 28.7 Å². The second-order valence-corrected chi connectivity index (χ2v) is 9.49. The predicted molar refractivity (Wildman–Crippen MR) is 135 cm³/mol. The number of hydrogen-bond acceptors (Lipinski definition) is 12. The van der Waals surface area contributed by atoms with Crippen LogP contribution in [0.1, 0.15) is 35.1 Å². The lowest BCUT2D eigenvalue weighted by Gasteiger charge is -2.40. The first-order valence-electron chi connectivity index (χ1n) is 12.6. The first-order valence-corrected chi connectivity index (χ1v) is 12.6. The number of methoxy groups -OCH3 is 3. The van der Waals surface area contributed by atoms with E-state index in [4.69, 9.17) is 28.4 Å². The molecule has 0 spiro atoms. The number of rotatable bonds is 11. The molecule has 2 aliphatic rings. The lowest BCUT2D eigenvalue weighted by atomic mass is 9.89. The molecule has 0 unspecified atom stereocenters. The molecular weight excluding hydrogens is 516 g/mol. The van der Waals surface area contributed by atoms with Crippen LogP contribution in [0.4, 0.5) is 0 Å². The second-order valence-electron chi connectivity index (χ2n) is 9.49. The molecule has 12 nitrogen and oxygen atoms in total. The second kappa shape index (κ2) is 12.6. The summed E-state index contributed by atoms with van der Waals surface area (Å²) in [5.74, 6) is 0.634. The smallest absolute Gasteiger partial charge is 0.200 e. The zero-order valence-corrected chi connectivity index (χ0v) is 22.0. The van der Waals surface area contributed by atoms with E-state index in [-0.39, 0.29) is 30.5 Å². The summed E-state index contributed by atoms with van der Waals surface area (Å²) >= 11 is 0. The van der Waals surface area contributed by atoms with Crippen LogP contribution in [-0.4, -0.2) is 102 Å². The van der Waals surface area contributed by atoms with Crippen molar-refractivity contribution < 1.29 is 59.1 Å². The van der Waals surface area contributed by atoms with Crippen LogP contribution in [0.2, 0.25) is 0 Å². The Morgan fingerprint density at radius 2 is 1.51 bits per heavy atom. The molecule has 39 heavy (non-hydrogen) atoms. The summed E-state index contributed by atoms with van der Waals surface area (Å²) in [7, 11) is 4.35. The molecule has 12 heteroatoms. The topological polar surface area (TPSA) is 177 Å². The third-order valence-corrected chi connectivity index (χ3v) is 7.12. The van der Waals surface area contributed by atoms with Gasteiger partial charge in [-0.1, -0.05) is 6.07 Å². The van der Waals surface area contributed by atoms with Gasteiger partial charge in [-0.2, -0.15) is 0 Å². The molecule has 0 saturated carbocycles. The van der Waals surface area contributed by atoms with Crippen LogP contribution in [0, 0.1) is 0 Å². The fraction of sp³-hybridized carbons (Fsp3) is 0.556. The Morgan fingerprint density at radius 3 is 2.10 bits per heavy atom. The van der Waals surface area contributed by atoms with E-state index in [0.717, 1.165) is 11.1 Å². The Kier molecular flexibility index (Phi) is 9.39. The van der Waals surface area contributed by atoms with Gasteiger partial charge in [0.05, 0.1) is 40.5 Å². The molecule has 0 bridgehead atoms. The van der Waals surface area contributed by atoms with E-state index in [1.807, 2.05) is 12.1 Å². The van der Waals surface area contributed by atoms with Crippen molar-refractivity contribution in [3.63, 3.8) is 0 Å². The zero-order valence-electron chi connectivity index (χ0n) is 22.0. The van der Waals surface area contributed by atoms with Gasteiger partial charge in [-0.3, -0.25) is 0 Å². The van der Waals surface area contributed by atoms with E-state index in [1.165, 1.54) is 21.3 Å². The number of fused-ring (bicyclic) bond motifs is 1. The number of aryl methyl sites for hydroxylation is 1. The van der Waals surface area contributed by atoms with E-state index >= 15 is 0 Å². The summed E-state index contributed by atoms with van der Waals surface area (Å²) in [4.78, 5) is 0. The molecule has 2 aromatic carbocycles. The summed E-state index contributed by atoms with van der Waals surface area (Å²) in [6.07, 6.45) is -6.67. The molecule has 0 aliphatic carbocycles. The Morgan fingerprint density at radius 1 is 0.846 bits per heavy atom. The van der Waals surface area contributed by atoms with Gasteiger partial charge in [-0.15, -0.1) is 0 Å². The highest BCUT2D eigenvalue weighted by Crippen LogP contribution is 2.53. The quantitative estimate of drug-likeness (QED) is 0.226. The van der Waals surface area contributed by atoms with Crippen molar-refractivity contribution in [2.45, 2.75) is 55.6 Å². The van der Waals surface area contributed by atoms with Gasteiger partial charge in [0.1, 0.15) is 30.5 Å². The predicted octanol–water partition coefficient (Wildman–Crippen LogP) is 0.377. The first-order chi connectivity index (χ1) is 18.8. The highest BCUT2D eigenvalue weighted by atomic mass is 16.7. The third kappa shape index (κ3) is 5.73. The van der Waals surface area contributed by atoms with Gasteiger partial charge in [0.25, 0.3) is 0 Å². The van der Waals surface area contributed by atoms with Gasteiger partial charge in [-0.05, 0) is 36.6 Å². The van der Waals surface area contributed by atoms with Crippen molar-refractivity contribution in [3.05, 3.63) is 41.0 Å². The number of phenols is 1. The molecule has 2 heterocycles. The molecule has 4 rings (SSSR count). The summed E-state index contributed by atoms with van der Waals surface area (Å²) in [6.45, 7) is -0.630. The number of hydrogen-bond donors (Lipinski definition) is 6. The molecule has 0 aromatic heterocycles. The Hall–Kier alpha value is -2.84. The van der Waals surface area contributed by atoms with Crippen LogP contribution < -0.4 is 18.9 Å². The largest absolute Gasteiger partial charge is 0.502 e. The maximum Gasteiger partial charge on any atom is 0.200 e. The maximum atomic E-state index is 10.5. The van der Waals surface area contributed by atoms with Gasteiger partial charge in [0.2, 0.25) is 5.75 Å². The number of aliphatic hydroxyl groups is 5. The number of phenolic OH excluding ortho intramolecular Hbond substituents is 1. The Labute approximate surface area is 225 Å². The van der Waals surface area contributed by atoms with Crippen molar-refractivity contribution in [2.75, 3.05) is 41.2 Å². The first kappa shape index (κ1) is 29.2. The zero-order chi connectivity index (χ0) is 28.3. The van der Waals surface area contributed by atoms with E-state index < -0.39 is 49.3 Å². The van der Waals surface area contributed by atoms with Crippen LogP contribution in [0.3, 0.4) is 0 Å². The molecule has 0 amide bonds. The standard InChI is InChI=1S/C27H36O12/c1-34-17-9-14(10-18(35-2)21(17)30)25-16(12-37-27-24(33)23(32)22(31)20(11-29)38-27)15-7-13(5-4-6-28)8-19(36-3)26(15)39-25/h7-10,16,20,22-25,27-33H,4-6,11-12H2,1-3H3/t16-,20-,22-,23+,24-,25-,27-/m1/s1. The van der Waals surface area contributed by atoms with E-state index in [9.17, 15) is 30.6 Å². The third-order valence-electron chi connectivity index (χ3n) is 7.12. The Balaban J connectivity index is 1.72. The highest BCUT2D eigenvalue weighted by Gasteiger charge is 2.46. The molecule has 216 valence electrons. The van der Waals surface area contributed by atoms with Crippen molar-refractivity contribution in [2.24, 2.45) is 0 Å². The summed E-state index contributed by atoms with van der Waals surface area (Å²) in [6, 6.07) is 7.01. The number of ether oxygens (including phenoxy) is 6. The van der Waals surface area contributed by atoms with Gasteiger partial charge >= 0.3 is 0 Å². The average molecular weight is 553 g/mol. The van der Waals surface area contributed by atoms with Crippen LogP contribution >= 0.6 is 0 Å². The number of aliphatic hydroxyl groups excluding tert-OH is 5. The lowest BCUT2D eigenvalue weighted by Crippen LogP contribution is -2.59. The molecule has 1 saturated heterocycles. The number of aromatic hydroxyl groups is 1. The van der Waals surface area contributed by atoms with Crippen molar-refractivity contribution in [1.82, 2.24) is 0 Å². The van der Waals surface area contributed by atoms with Gasteiger partial charge in [0, 0.05) is 17.7 Å². The minimum atomic E-state index is -1.58. The van der Waals surface area contributed by atoms with Crippen LogP contribution in [0.15, 0.2) is 24.3 Å². The molecule has 2 aromatic rings. The molecule has 0 radical (unpaired) electrons. The normalized spacial score (nSPS) is 28.1. The molecule has 7 atom stereocenters. The van der Waals surface area contributed by atoms with Gasteiger partial charge in [-0.25, -0.2) is 0 Å².